The predicted molar refractivity (Wildman–Crippen MR) is 75.7 cm³/mol. The molecule has 0 fully saturated rings. The Hall–Kier alpha value is -2.89. The van der Waals surface area contributed by atoms with Crippen LogP contribution in [0.1, 0.15) is 15.9 Å². The summed E-state index contributed by atoms with van der Waals surface area (Å²) in [6.07, 6.45) is 0. The molecule has 106 valence electrons. The first-order chi connectivity index (χ1) is 9.95. The second-order valence-corrected chi connectivity index (χ2v) is 4.71. The van der Waals surface area contributed by atoms with E-state index in [-0.39, 0.29) is 11.3 Å². The number of nitrogen functional groups attached to an aromatic ring is 1. The minimum atomic E-state index is -0.578. The van der Waals surface area contributed by atoms with E-state index >= 15 is 0 Å². The van der Waals surface area contributed by atoms with Gasteiger partial charge in [0, 0.05) is 23.9 Å². The van der Waals surface area contributed by atoms with Crippen molar-refractivity contribution in [3.05, 3.63) is 63.9 Å². The summed E-state index contributed by atoms with van der Waals surface area (Å²) in [7, 11) is 1.57. The zero-order chi connectivity index (χ0) is 15.1. The monoisotopic (exact) mass is 286 g/mol. The van der Waals surface area contributed by atoms with Gasteiger partial charge < -0.3 is 10.2 Å². The Morgan fingerprint density at radius 1 is 1.19 bits per heavy atom. The van der Waals surface area contributed by atoms with E-state index in [4.69, 9.17) is 10.2 Å². The highest BCUT2D eigenvalue weighted by Gasteiger charge is 2.14. The topological polar surface area (TPSA) is 78.2 Å². The molecule has 0 aliphatic heterocycles. The first-order valence-corrected chi connectivity index (χ1v) is 6.16. The lowest BCUT2D eigenvalue weighted by Gasteiger charge is -2.03. The summed E-state index contributed by atoms with van der Waals surface area (Å²) in [6.45, 7) is 0. The van der Waals surface area contributed by atoms with Gasteiger partial charge in [0.1, 0.15) is 5.82 Å². The molecule has 2 aromatic carbocycles. The number of nitrogens with zero attached hydrogens (tertiary/aromatic N) is 1. The van der Waals surface area contributed by atoms with Crippen molar-refractivity contribution in [1.29, 1.82) is 0 Å². The molecule has 3 aromatic rings. The molecule has 0 amide bonds. The average molecular weight is 286 g/mol. The molecule has 3 rings (SSSR count). The summed E-state index contributed by atoms with van der Waals surface area (Å²) in [5.74, 6) is -1.48. The van der Waals surface area contributed by atoms with Crippen molar-refractivity contribution in [1.82, 2.24) is 4.57 Å². The third-order valence-corrected chi connectivity index (χ3v) is 3.24. The van der Waals surface area contributed by atoms with E-state index in [0.29, 0.717) is 16.7 Å². The van der Waals surface area contributed by atoms with E-state index in [1.54, 1.807) is 19.2 Å². The Labute approximate surface area is 118 Å². The minimum absolute atomic E-state index is 0.144. The summed E-state index contributed by atoms with van der Waals surface area (Å²) >= 11 is 0. The van der Waals surface area contributed by atoms with Crippen LogP contribution in [0, 0.1) is 5.82 Å². The molecule has 0 radical (unpaired) electrons. The smallest absolute Gasteiger partial charge is 0.408 e. The van der Waals surface area contributed by atoms with Gasteiger partial charge in [-0.05, 0) is 36.4 Å². The molecule has 2 N–H and O–H groups in total. The van der Waals surface area contributed by atoms with Gasteiger partial charge in [0.25, 0.3) is 0 Å². The molecule has 0 aliphatic rings. The van der Waals surface area contributed by atoms with Crippen LogP contribution in [0.25, 0.3) is 11.1 Å². The van der Waals surface area contributed by atoms with Crippen LogP contribution >= 0.6 is 0 Å². The minimum Gasteiger partial charge on any atom is -0.408 e. The molecule has 5 nitrogen and oxygen atoms in total. The van der Waals surface area contributed by atoms with Crippen molar-refractivity contribution in [3.8, 4) is 0 Å². The first kappa shape index (κ1) is 13.1. The van der Waals surface area contributed by atoms with Gasteiger partial charge >= 0.3 is 5.76 Å². The molecule has 0 spiro atoms. The van der Waals surface area contributed by atoms with Crippen molar-refractivity contribution in [2.24, 2.45) is 7.05 Å². The number of benzene rings is 2. The fraction of sp³-hybridized carbons (Fsp3) is 0.0667. The molecule has 0 bridgehead atoms. The maximum absolute atomic E-state index is 13.3. The lowest BCUT2D eigenvalue weighted by atomic mass is 10.0. The molecule has 0 saturated heterocycles. The predicted octanol–water partition coefficient (Wildman–Crippen LogP) is 2.08. The Bertz CT molecular complexity index is 904. The highest BCUT2D eigenvalue weighted by Crippen LogP contribution is 2.19. The number of anilines is 1. The van der Waals surface area contributed by atoms with Crippen molar-refractivity contribution in [3.63, 3.8) is 0 Å². The van der Waals surface area contributed by atoms with Crippen LogP contribution in [-0.2, 0) is 7.05 Å². The number of aromatic nitrogens is 1. The summed E-state index contributed by atoms with van der Waals surface area (Å²) in [5.41, 5.74) is 7.03. The number of fused-ring (bicyclic) bond motifs is 1. The number of hydrogen-bond donors (Lipinski definition) is 1. The zero-order valence-corrected chi connectivity index (χ0v) is 11.1. The second kappa shape index (κ2) is 4.59. The maximum Gasteiger partial charge on any atom is 0.419 e. The van der Waals surface area contributed by atoms with Crippen LogP contribution in [0.15, 0.2) is 45.6 Å². The second-order valence-electron chi connectivity index (χ2n) is 4.71. The highest BCUT2D eigenvalue weighted by atomic mass is 19.1. The third-order valence-electron chi connectivity index (χ3n) is 3.24. The van der Waals surface area contributed by atoms with Crippen molar-refractivity contribution in [2.45, 2.75) is 0 Å². The number of rotatable bonds is 2. The van der Waals surface area contributed by atoms with Crippen LogP contribution in [0.5, 0.6) is 0 Å². The van der Waals surface area contributed by atoms with Gasteiger partial charge in [-0.25, -0.2) is 9.18 Å². The lowest BCUT2D eigenvalue weighted by Crippen LogP contribution is -2.08. The van der Waals surface area contributed by atoms with Crippen LogP contribution in [0.2, 0.25) is 0 Å². The molecule has 0 saturated carbocycles. The van der Waals surface area contributed by atoms with E-state index in [9.17, 15) is 14.0 Å². The average Bonchev–Trinajstić information content (AvgIpc) is 2.71. The van der Waals surface area contributed by atoms with Gasteiger partial charge in [-0.15, -0.1) is 0 Å². The van der Waals surface area contributed by atoms with Gasteiger partial charge in [0.05, 0.1) is 5.52 Å². The first-order valence-electron chi connectivity index (χ1n) is 6.16. The van der Waals surface area contributed by atoms with E-state index < -0.39 is 17.4 Å². The zero-order valence-electron chi connectivity index (χ0n) is 11.1. The molecule has 0 aliphatic carbocycles. The summed E-state index contributed by atoms with van der Waals surface area (Å²) < 4.78 is 19.7. The third kappa shape index (κ3) is 2.20. The molecule has 0 atom stereocenters. The highest BCUT2D eigenvalue weighted by molar-refractivity contribution is 6.10. The number of aryl methyl sites for hydroxylation is 1. The van der Waals surface area contributed by atoms with E-state index in [2.05, 4.69) is 0 Å². The normalized spacial score (nSPS) is 11.0. The summed E-state index contributed by atoms with van der Waals surface area (Å²) in [5, 5.41) is 0. The largest absolute Gasteiger partial charge is 0.419 e. The van der Waals surface area contributed by atoms with Gasteiger partial charge in [-0.3, -0.25) is 9.36 Å². The van der Waals surface area contributed by atoms with Gasteiger partial charge in [-0.1, -0.05) is 0 Å². The molecule has 1 heterocycles. The SMILES string of the molecule is Cn1c(=O)oc2cc(C(=O)c3cc(N)cc(F)c3)ccc21. The summed E-state index contributed by atoms with van der Waals surface area (Å²) in [4.78, 5) is 23.8. The maximum atomic E-state index is 13.3. The fourth-order valence-corrected chi connectivity index (χ4v) is 2.19. The molecule has 1 aromatic heterocycles. The van der Waals surface area contributed by atoms with Crippen molar-refractivity contribution >= 4 is 22.6 Å². The molecule has 21 heavy (non-hydrogen) atoms. The van der Waals surface area contributed by atoms with Crippen molar-refractivity contribution in [2.75, 3.05) is 5.73 Å². The molecular formula is C15H11FN2O3. The number of oxazole rings is 1. The summed E-state index contributed by atoms with van der Waals surface area (Å²) in [6, 6.07) is 8.27. The Balaban J connectivity index is 2.11. The van der Waals surface area contributed by atoms with Crippen LogP contribution in [-0.4, -0.2) is 10.4 Å². The standard InChI is InChI=1S/C15H11FN2O3/c1-18-12-3-2-8(6-13(12)21-15(18)20)14(19)9-4-10(16)7-11(17)5-9/h2-7H,17H2,1H3. The van der Waals surface area contributed by atoms with E-state index in [1.807, 2.05) is 0 Å². The Morgan fingerprint density at radius 3 is 2.67 bits per heavy atom. The quantitative estimate of drug-likeness (QED) is 0.578. The van der Waals surface area contributed by atoms with Gasteiger partial charge in [-0.2, -0.15) is 0 Å². The van der Waals surface area contributed by atoms with Crippen LogP contribution < -0.4 is 11.5 Å². The van der Waals surface area contributed by atoms with Crippen molar-refractivity contribution < 1.29 is 13.6 Å². The number of halogens is 1. The molecule has 6 heteroatoms. The van der Waals surface area contributed by atoms with Gasteiger partial charge in [0.2, 0.25) is 0 Å². The fourth-order valence-electron chi connectivity index (χ4n) is 2.19. The van der Waals surface area contributed by atoms with E-state index in [1.165, 1.54) is 16.7 Å². The number of carbonyl (C=O) groups excluding carboxylic acids is 1. The lowest BCUT2D eigenvalue weighted by molar-refractivity contribution is 0.103. The molecular weight excluding hydrogens is 275 g/mol. The van der Waals surface area contributed by atoms with Crippen LogP contribution in [0.3, 0.4) is 0 Å². The number of hydrogen-bond acceptors (Lipinski definition) is 4. The Kier molecular flexibility index (Phi) is 2.86. The van der Waals surface area contributed by atoms with Crippen LogP contribution in [0.4, 0.5) is 10.1 Å². The number of carbonyl (C=O) groups is 1. The number of nitrogens with two attached hydrogens (primary N) is 1. The van der Waals surface area contributed by atoms with E-state index in [0.717, 1.165) is 12.1 Å². The van der Waals surface area contributed by atoms with Gasteiger partial charge in [0.15, 0.2) is 11.4 Å². The number of ketones is 1. The Morgan fingerprint density at radius 2 is 1.95 bits per heavy atom. The molecule has 0 unspecified atom stereocenters.